The van der Waals surface area contributed by atoms with Crippen LogP contribution in [-0.4, -0.2) is 33.9 Å². The molecule has 4 rings (SSSR count). The molecule has 0 aromatic heterocycles. The average molecular weight is 405 g/mol. The minimum Gasteiger partial charge on any atom is -0.481 e. The Kier molecular flexibility index (Phi) is 5.20. The molecule has 0 spiro atoms. The van der Waals surface area contributed by atoms with Crippen LogP contribution in [-0.2, 0) is 14.4 Å². The van der Waals surface area contributed by atoms with Crippen LogP contribution < -0.4 is 0 Å². The van der Waals surface area contributed by atoms with Crippen LogP contribution in [0.1, 0.15) is 78.6 Å². The largest absolute Gasteiger partial charge is 0.481 e. The second-order valence-corrected chi connectivity index (χ2v) is 11.1. The van der Waals surface area contributed by atoms with E-state index in [4.69, 9.17) is 5.11 Å². The quantitative estimate of drug-likeness (QED) is 0.742. The third-order valence-electron chi connectivity index (χ3n) is 9.96. The normalized spacial score (nSPS) is 47.9. The van der Waals surface area contributed by atoms with Crippen LogP contribution in [0.25, 0.3) is 0 Å². The van der Waals surface area contributed by atoms with E-state index in [0.717, 1.165) is 19.3 Å². The molecule has 0 heterocycles. The summed E-state index contributed by atoms with van der Waals surface area (Å²) in [6.45, 7) is 6.55. The van der Waals surface area contributed by atoms with Crippen LogP contribution in [0.4, 0.5) is 0 Å². The molecule has 4 fully saturated rings. The van der Waals surface area contributed by atoms with E-state index in [2.05, 4.69) is 20.8 Å². The van der Waals surface area contributed by atoms with Gasteiger partial charge in [-0.05, 0) is 67.1 Å². The summed E-state index contributed by atoms with van der Waals surface area (Å²) in [6, 6.07) is 0. The number of rotatable bonds is 4. The zero-order valence-corrected chi connectivity index (χ0v) is 18.0. The molecule has 162 valence electrons. The van der Waals surface area contributed by atoms with Crippen LogP contribution in [0.15, 0.2) is 0 Å². The maximum Gasteiger partial charge on any atom is 0.303 e. The minimum absolute atomic E-state index is 0.00507. The monoisotopic (exact) mass is 404 g/mol. The first-order valence-electron chi connectivity index (χ1n) is 11.5. The SMILES string of the molecule is C[C@H](CCC(=O)O)C1CCC2C3C(=O)CC4CC(=O)CC[C@]4(C)C3C[C@H](O)[C@@]21C. The lowest BCUT2D eigenvalue weighted by Gasteiger charge is -2.61. The number of ketones is 2. The lowest BCUT2D eigenvalue weighted by molar-refractivity contribution is -0.178. The van der Waals surface area contributed by atoms with Gasteiger partial charge < -0.3 is 10.2 Å². The van der Waals surface area contributed by atoms with Crippen LogP contribution >= 0.6 is 0 Å². The highest BCUT2D eigenvalue weighted by Crippen LogP contribution is 2.67. The van der Waals surface area contributed by atoms with Gasteiger partial charge in [-0.1, -0.05) is 20.8 Å². The van der Waals surface area contributed by atoms with E-state index in [0.29, 0.717) is 37.9 Å². The molecule has 0 saturated heterocycles. The molecule has 29 heavy (non-hydrogen) atoms. The van der Waals surface area contributed by atoms with E-state index in [1.165, 1.54) is 0 Å². The molecule has 2 N–H and O–H groups in total. The molecule has 5 nitrogen and oxygen atoms in total. The van der Waals surface area contributed by atoms with Crippen molar-refractivity contribution in [1.29, 1.82) is 0 Å². The summed E-state index contributed by atoms with van der Waals surface area (Å²) < 4.78 is 0. The van der Waals surface area contributed by atoms with E-state index in [1.54, 1.807) is 0 Å². The molecule has 0 amide bonds. The molecule has 0 aromatic carbocycles. The zero-order chi connectivity index (χ0) is 21.1. The predicted molar refractivity (Wildman–Crippen MR) is 108 cm³/mol. The Labute approximate surface area is 173 Å². The maximum absolute atomic E-state index is 13.3. The lowest BCUT2D eigenvalue weighted by Crippen LogP contribution is -2.61. The molecule has 4 aliphatic rings. The van der Waals surface area contributed by atoms with Crippen LogP contribution in [0.5, 0.6) is 0 Å². The Bertz CT molecular complexity index is 716. The summed E-state index contributed by atoms with van der Waals surface area (Å²) in [5, 5.41) is 20.5. The minimum atomic E-state index is -0.769. The first-order chi connectivity index (χ1) is 13.6. The Morgan fingerprint density at radius 2 is 1.90 bits per heavy atom. The van der Waals surface area contributed by atoms with E-state index >= 15 is 0 Å². The Hall–Kier alpha value is -1.23. The van der Waals surface area contributed by atoms with Gasteiger partial charge >= 0.3 is 5.97 Å². The second-order valence-electron chi connectivity index (χ2n) is 11.1. The second kappa shape index (κ2) is 7.18. The number of hydrogen-bond donors (Lipinski definition) is 2. The number of hydrogen-bond acceptors (Lipinski definition) is 4. The van der Waals surface area contributed by atoms with Gasteiger partial charge in [0.05, 0.1) is 6.10 Å². The van der Waals surface area contributed by atoms with Crippen molar-refractivity contribution in [3.8, 4) is 0 Å². The van der Waals surface area contributed by atoms with Crippen molar-refractivity contribution in [3.63, 3.8) is 0 Å². The fourth-order valence-electron chi connectivity index (χ4n) is 8.21. The van der Waals surface area contributed by atoms with Crippen molar-refractivity contribution < 1.29 is 24.6 Å². The summed E-state index contributed by atoms with van der Waals surface area (Å²) >= 11 is 0. The number of carbonyl (C=O) groups is 3. The summed E-state index contributed by atoms with van der Waals surface area (Å²) in [6.07, 6.45) is 5.38. The summed E-state index contributed by atoms with van der Waals surface area (Å²) in [7, 11) is 0. The van der Waals surface area contributed by atoms with Gasteiger partial charge in [0.1, 0.15) is 11.6 Å². The van der Waals surface area contributed by atoms with E-state index < -0.39 is 12.1 Å². The highest BCUT2D eigenvalue weighted by atomic mass is 16.4. The molecule has 5 heteroatoms. The van der Waals surface area contributed by atoms with Gasteiger partial charge in [0, 0.05) is 37.0 Å². The maximum atomic E-state index is 13.3. The first kappa shape index (κ1) is 21.0. The molecular weight excluding hydrogens is 368 g/mol. The predicted octanol–water partition coefficient (Wildman–Crippen LogP) is 3.87. The molecule has 0 aromatic rings. The van der Waals surface area contributed by atoms with Crippen LogP contribution in [0, 0.1) is 46.3 Å². The van der Waals surface area contributed by atoms with Gasteiger partial charge in [-0.2, -0.15) is 0 Å². The number of carbonyl (C=O) groups excluding carboxylic acids is 2. The summed E-state index contributed by atoms with van der Waals surface area (Å²) in [4.78, 5) is 36.4. The number of carboxylic acid groups (broad SMARTS) is 1. The van der Waals surface area contributed by atoms with Crippen LogP contribution in [0.2, 0.25) is 0 Å². The molecule has 0 bridgehead atoms. The number of aliphatic hydroxyl groups is 1. The molecular formula is C24H36O5. The van der Waals surface area contributed by atoms with Crippen molar-refractivity contribution in [1.82, 2.24) is 0 Å². The average Bonchev–Trinajstić information content (AvgIpc) is 3.01. The standard InChI is InChI=1S/C24H36O5/c1-13(4-7-21(28)29)16-5-6-17-22-18(12-20(27)24(16,17)3)23(2)9-8-15(25)10-14(23)11-19(22)26/h13-14,16-18,20,22,27H,4-12H2,1-3H3,(H,28,29)/t13-,14?,16?,17?,18?,20+,22?,23+,24-/m1/s1. The Morgan fingerprint density at radius 3 is 2.59 bits per heavy atom. The van der Waals surface area contributed by atoms with Gasteiger partial charge in [0.15, 0.2) is 0 Å². The van der Waals surface area contributed by atoms with Crippen molar-refractivity contribution in [2.24, 2.45) is 46.3 Å². The van der Waals surface area contributed by atoms with Gasteiger partial charge in [-0.3, -0.25) is 14.4 Å². The smallest absolute Gasteiger partial charge is 0.303 e. The van der Waals surface area contributed by atoms with Gasteiger partial charge in [-0.25, -0.2) is 0 Å². The van der Waals surface area contributed by atoms with Crippen molar-refractivity contribution in [2.45, 2.75) is 84.7 Å². The van der Waals surface area contributed by atoms with Gasteiger partial charge in [-0.15, -0.1) is 0 Å². The van der Waals surface area contributed by atoms with Gasteiger partial charge in [0.2, 0.25) is 0 Å². The number of fused-ring (bicyclic) bond motifs is 5. The third-order valence-corrected chi connectivity index (χ3v) is 9.96. The first-order valence-corrected chi connectivity index (χ1v) is 11.5. The van der Waals surface area contributed by atoms with E-state index in [9.17, 15) is 19.5 Å². The molecule has 0 radical (unpaired) electrons. The third kappa shape index (κ3) is 3.10. The number of aliphatic hydroxyl groups excluding tert-OH is 1. The van der Waals surface area contributed by atoms with Gasteiger partial charge in [0.25, 0.3) is 0 Å². The van der Waals surface area contributed by atoms with Crippen LogP contribution in [0.3, 0.4) is 0 Å². The summed E-state index contributed by atoms with van der Waals surface area (Å²) in [5.41, 5.74) is -0.343. The highest BCUT2D eigenvalue weighted by Gasteiger charge is 2.65. The van der Waals surface area contributed by atoms with E-state index in [1.807, 2.05) is 0 Å². The molecule has 5 unspecified atom stereocenters. The van der Waals surface area contributed by atoms with E-state index in [-0.39, 0.29) is 58.5 Å². The zero-order valence-electron chi connectivity index (χ0n) is 18.0. The topological polar surface area (TPSA) is 91.7 Å². The fourth-order valence-corrected chi connectivity index (χ4v) is 8.21. The molecule has 9 atom stereocenters. The fraction of sp³-hybridized carbons (Fsp3) is 0.875. The lowest BCUT2D eigenvalue weighted by atomic mass is 9.43. The number of aliphatic carboxylic acids is 1. The highest BCUT2D eigenvalue weighted by molar-refractivity contribution is 5.86. The molecule has 0 aliphatic heterocycles. The Morgan fingerprint density at radius 1 is 1.17 bits per heavy atom. The van der Waals surface area contributed by atoms with Crippen molar-refractivity contribution >= 4 is 17.5 Å². The molecule has 4 aliphatic carbocycles. The Balaban J connectivity index is 1.62. The molecule has 4 saturated carbocycles. The van der Waals surface area contributed by atoms with Crippen molar-refractivity contribution in [3.05, 3.63) is 0 Å². The van der Waals surface area contributed by atoms with Crippen molar-refractivity contribution in [2.75, 3.05) is 0 Å². The number of Topliss-reactive ketones (excluding diaryl/α,β-unsaturated/α-hetero) is 2. The number of carboxylic acids is 1. The summed E-state index contributed by atoms with van der Waals surface area (Å²) in [5.74, 6) is 0.793.